The number of ketones is 1. The fourth-order valence-electron chi connectivity index (χ4n) is 11.5. The topological polar surface area (TPSA) is 289 Å². The number of aliphatic hydroxyl groups excluding tert-OH is 2. The van der Waals surface area contributed by atoms with E-state index in [9.17, 15) is 48.3 Å². The van der Waals surface area contributed by atoms with E-state index < -0.39 is 53.2 Å². The number of imide groups is 3. The Bertz CT molecular complexity index is 4700. The smallest absolute Gasteiger partial charge is 0.330 e. The number of phenolic OH excluding ortho intramolecular Hbond substituents is 1. The number of phenols is 1. The quantitative estimate of drug-likeness (QED) is 0.0187. The van der Waals surface area contributed by atoms with Crippen LogP contribution in [0.4, 0.5) is 17.1 Å². The fraction of sp³-hybridized carbons (Fsp3) is 0.118. The van der Waals surface area contributed by atoms with Crippen LogP contribution in [0.3, 0.4) is 0 Å². The van der Waals surface area contributed by atoms with Gasteiger partial charge in [-0.1, -0.05) is 79.9 Å². The van der Waals surface area contributed by atoms with Crippen LogP contribution in [0.2, 0.25) is 0 Å². The van der Waals surface area contributed by atoms with Crippen molar-refractivity contribution in [1.29, 1.82) is 0 Å². The van der Waals surface area contributed by atoms with Gasteiger partial charge >= 0.3 is 11.9 Å². The van der Waals surface area contributed by atoms with Gasteiger partial charge in [0.2, 0.25) is 0 Å². The van der Waals surface area contributed by atoms with E-state index in [2.05, 4.69) is 13.2 Å². The van der Waals surface area contributed by atoms with Gasteiger partial charge in [-0.05, 0) is 121 Å². The van der Waals surface area contributed by atoms with E-state index in [1.165, 1.54) is 25.3 Å². The first kappa shape index (κ1) is 66.7. The average molecular weight is 1320 g/mol. The average Bonchev–Trinajstić information content (AvgIpc) is 0.741. The summed E-state index contributed by atoms with van der Waals surface area (Å²) in [6, 6.07) is 51.4. The van der Waals surface area contributed by atoms with E-state index in [-0.39, 0.29) is 69.7 Å². The molecule has 0 bridgehead atoms. The summed E-state index contributed by atoms with van der Waals surface area (Å²) in [7, 11) is 1.46. The van der Waals surface area contributed by atoms with Crippen LogP contribution in [0.5, 0.6) is 34.5 Å². The summed E-state index contributed by atoms with van der Waals surface area (Å²) in [6.45, 7) is 6.35. The van der Waals surface area contributed by atoms with Crippen molar-refractivity contribution >= 4 is 103 Å². The Morgan fingerprint density at radius 1 is 0.357 bits per heavy atom. The highest BCUT2D eigenvalue weighted by molar-refractivity contribution is 6.39. The van der Waals surface area contributed by atoms with Gasteiger partial charge in [-0.15, -0.1) is 0 Å². The van der Waals surface area contributed by atoms with Crippen LogP contribution in [-0.4, -0.2) is 128 Å². The monoisotopic (exact) mass is 1320 g/mol. The SMILES string of the molecule is C=CC(=O)OCCOc1ccc2c3c(ccc(OCCOC(=O)C=C)c13)C(=O)N(c1ccccc1)C2=O.COc1ccc2c3c(ccc(C(=O)c4ccccc4O)c13)C(=O)N(c1ccccc1)C2=O.O=C1c2ccc(OCCO)c3c(OCCO)ccc(c23)C(=O)N1c1ccccc1. The molecule has 13 rings (SSSR count). The van der Waals surface area contributed by atoms with Gasteiger partial charge in [0.25, 0.3) is 35.4 Å². The lowest BCUT2D eigenvalue weighted by Gasteiger charge is -2.28. The van der Waals surface area contributed by atoms with Crippen molar-refractivity contribution in [2.75, 3.05) is 74.7 Å². The predicted molar refractivity (Wildman–Crippen MR) is 361 cm³/mol. The number of hydrogen-bond acceptors (Lipinski definition) is 19. The number of aromatic hydroxyl groups is 1. The van der Waals surface area contributed by atoms with E-state index in [4.69, 9.17) is 43.4 Å². The molecule has 0 saturated heterocycles. The Labute approximate surface area is 558 Å². The van der Waals surface area contributed by atoms with E-state index in [1.807, 2.05) is 6.07 Å². The van der Waals surface area contributed by atoms with Gasteiger partial charge in [0, 0.05) is 72.6 Å². The maximum atomic E-state index is 13.5. The third kappa shape index (κ3) is 13.0. The second-order valence-electron chi connectivity index (χ2n) is 21.4. The molecule has 0 unspecified atom stereocenters. The number of hydrogen-bond donors (Lipinski definition) is 3. The maximum absolute atomic E-state index is 13.5. The number of rotatable bonds is 22. The summed E-state index contributed by atoms with van der Waals surface area (Å²) in [5, 5.41) is 30.8. The van der Waals surface area contributed by atoms with Gasteiger partial charge in [0.05, 0.1) is 53.7 Å². The number of esters is 2. The van der Waals surface area contributed by atoms with Crippen molar-refractivity contribution in [2.24, 2.45) is 0 Å². The van der Waals surface area contributed by atoms with Gasteiger partial charge in [-0.2, -0.15) is 0 Å². The summed E-state index contributed by atoms with van der Waals surface area (Å²) in [6.07, 6.45) is 2.09. The molecule has 492 valence electrons. The van der Waals surface area contributed by atoms with Crippen LogP contribution >= 0.6 is 0 Å². The van der Waals surface area contributed by atoms with Gasteiger partial charge in [-0.25, -0.2) is 24.3 Å². The lowest BCUT2D eigenvalue weighted by Crippen LogP contribution is -2.40. The molecule has 0 aromatic heterocycles. The van der Waals surface area contributed by atoms with Crippen LogP contribution in [0.15, 0.2) is 213 Å². The van der Waals surface area contributed by atoms with Crippen molar-refractivity contribution in [3.8, 4) is 34.5 Å². The van der Waals surface area contributed by atoms with Crippen molar-refractivity contribution in [3.05, 3.63) is 258 Å². The van der Waals surface area contributed by atoms with E-state index in [1.54, 1.807) is 164 Å². The molecule has 0 fully saturated rings. The molecule has 3 aliphatic rings. The first-order valence-corrected chi connectivity index (χ1v) is 30.4. The first-order chi connectivity index (χ1) is 47.6. The van der Waals surface area contributed by atoms with Crippen LogP contribution in [0.1, 0.15) is 78.1 Å². The molecule has 10 aromatic rings. The van der Waals surface area contributed by atoms with Crippen molar-refractivity contribution in [3.63, 3.8) is 0 Å². The third-order valence-electron chi connectivity index (χ3n) is 15.7. The molecule has 0 atom stereocenters. The molecule has 22 heteroatoms. The zero-order valence-corrected chi connectivity index (χ0v) is 52.3. The Morgan fingerprint density at radius 2 is 0.663 bits per heavy atom. The molecular weight excluding hydrogens is 1260 g/mol. The lowest BCUT2D eigenvalue weighted by molar-refractivity contribution is -0.139. The van der Waals surface area contributed by atoms with Crippen molar-refractivity contribution in [2.45, 2.75) is 0 Å². The minimum atomic E-state index is -0.587. The summed E-state index contributed by atoms with van der Waals surface area (Å²) in [5.74, 6) is -2.79. The highest BCUT2D eigenvalue weighted by atomic mass is 16.6. The molecular formula is C76H59N3O19. The number of methoxy groups -OCH3 is 1. The number of benzene rings is 10. The molecule has 0 spiro atoms. The number of amides is 6. The number of nitrogens with zero attached hydrogens (tertiary/aromatic N) is 3. The third-order valence-corrected chi connectivity index (χ3v) is 15.7. The Morgan fingerprint density at radius 3 is 0.990 bits per heavy atom. The molecule has 6 amide bonds. The summed E-state index contributed by atoms with van der Waals surface area (Å²) < 4.78 is 38.4. The minimum absolute atomic E-state index is 0.00662. The first-order valence-electron chi connectivity index (χ1n) is 30.4. The number of para-hydroxylation sites is 4. The molecule has 22 nitrogen and oxygen atoms in total. The molecule has 3 N–H and O–H groups in total. The number of anilines is 3. The van der Waals surface area contributed by atoms with Gasteiger partial charge in [-0.3, -0.25) is 33.6 Å². The zero-order valence-electron chi connectivity index (χ0n) is 52.3. The Kier molecular flexibility index (Phi) is 20.2. The summed E-state index contributed by atoms with van der Waals surface area (Å²) in [4.78, 5) is 119. The van der Waals surface area contributed by atoms with E-state index in [0.717, 1.165) is 26.9 Å². The molecule has 0 radical (unpaired) electrons. The number of carbonyl (C=O) groups is 9. The summed E-state index contributed by atoms with van der Waals surface area (Å²) in [5.41, 5.74) is 3.64. The highest BCUT2D eigenvalue weighted by Crippen LogP contribution is 2.45. The molecule has 0 aliphatic carbocycles. The highest BCUT2D eigenvalue weighted by Gasteiger charge is 2.39. The molecule has 0 saturated carbocycles. The number of ether oxygens (including phenoxy) is 7. The van der Waals surface area contributed by atoms with Gasteiger partial charge < -0.3 is 48.5 Å². The second-order valence-corrected chi connectivity index (χ2v) is 21.4. The standard InChI is InChI=1S/C28H23NO8.C26H17NO5.C22H19NO6/c1-3-23(30)36-16-14-34-21-12-10-19-25-20(28(33)29(27(19)32)18-8-6-5-7-9-18)11-13-22(26(21)25)35-15-17-37-24(31)4-2;1-32-21-14-13-19-22-18(25(30)27(26(19)31)15-7-3-2-4-8-15)12-11-17(23(21)22)24(29)16-9-5-6-10-20(16)28;24-10-12-28-17-8-6-15-19-16(7-9-18(20(17)19)29-13-11-25)22(27)23(21(15)26)14-4-2-1-3-5-14/h3-13H,1-2,14-17H2;2-14,28H,1H3;1-9,24-25H,10-13H2. The van der Waals surface area contributed by atoms with Crippen LogP contribution in [-0.2, 0) is 19.1 Å². The molecule has 10 aromatic carbocycles. The van der Waals surface area contributed by atoms with E-state index >= 15 is 0 Å². The second kappa shape index (κ2) is 29.7. The molecule has 98 heavy (non-hydrogen) atoms. The normalized spacial score (nSPS) is 12.7. The largest absolute Gasteiger partial charge is 0.507 e. The Balaban J connectivity index is 0.000000150. The zero-order chi connectivity index (χ0) is 69.1. The summed E-state index contributed by atoms with van der Waals surface area (Å²) >= 11 is 0. The van der Waals surface area contributed by atoms with Gasteiger partial charge in [0.1, 0.15) is 74.1 Å². The fourth-order valence-corrected chi connectivity index (χ4v) is 11.5. The molecule has 3 heterocycles. The number of aliphatic hydroxyl groups is 2. The van der Waals surface area contributed by atoms with Crippen LogP contribution in [0.25, 0.3) is 32.3 Å². The van der Waals surface area contributed by atoms with Crippen LogP contribution < -0.4 is 38.4 Å². The Hall–Kier alpha value is -12.8. The number of carbonyl (C=O) groups excluding carboxylic acids is 9. The van der Waals surface area contributed by atoms with E-state index in [0.29, 0.717) is 112 Å². The predicted octanol–water partition coefficient (Wildman–Crippen LogP) is 10.8. The lowest BCUT2D eigenvalue weighted by atomic mass is 9.88. The van der Waals surface area contributed by atoms with Gasteiger partial charge in [0.15, 0.2) is 5.78 Å². The van der Waals surface area contributed by atoms with Crippen molar-refractivity contribution < 1.29 is 91.6 Å². The van der Waals surface area contributed by atoms with Crippen LogP contribution in [0, 0.1) is 0 Å². The molecule has 3 aliphatic heterocycles. The van der Waals surface area contributed by atoms with Crippen molar-refractivity contribution in [1.82, 2.24) is 0 Å². The minimum Gasteiger partial charge on any atom is -0.507 e. The maximum Gasteiger partial charge on any atom is 0.330 e.